The zero-order chi connectivity index (χ0) is 14.0. The van der Waals surface area contributed by atoms with E-state index in [0.717, 1.165) is 18.4 Å². The number of hydrogen-bond acceptors (Lipinski definition) is 1. The molecular weight excluding hydrogens is 248 g/mol. The Morgan fingerprint density at radius 2 is 1.80 bits per heavy atom. The highest BCUT2D eigenvalue weighted by Crippen LogP contribution is 2.16. The van der Waals surface area contributed by atoms with Crippen LogP contribution in [0.25, 0.3) is 0 Å². The standard InChI is InChI=1S/C17H22N2O/c20-17(19-16-12-6-1-2-7-13-16)18-14-8-11-15-9-4-3-5-10-15/h3-5,9-10,16H,1-2,6-7,12-14H2,(H2,18,19,20). The van der Waals surface area contributed by atoms with Crippen LogP contribution in [0.4, 0.5) is 4.79 Å². The first-order chi connectivity index (χ1) is 9.84. The Balaban J connectivity index is 1.68. The number of benzene rings is 1. The molecule has 20 heavy (non-hydrogen) atoms. The number of carbonyl (C=O) groups excluding carboxylic acids is 1. The fourth-order valence-corrected chi connectivity index (χ4v) is 2.45. The summed E-state index contributed by atoms with van der Waals surface area (Å²) in [6.45, 7) is 0.382. The van der Waals surface area contributed by atoms with E-state index in [-0.39, 0.29) is 6.03 Å². The van der Waals surface area contributed by atoms with E-state index < -0.39 is 0 Å². The molecule has 0 aliphatic heterocycles. The average Bonchev–Trinajstić information content (AvgIpc) is 2.73. The third-order valence-corrected chi connectivity index (χ3v) is 3.53. The van der Waals surface area contributed by atoms with Crippen LogP contribution in [-0.4, -0.2) is 18.6 Å². The number of hydrogen-bond donors (Lipinski definition) is 2. The van der Waals surface area contributed by atoms with Crippen molar-refractivity contribution < 1.29 is 4.79 Å². The SMILES string of the molecule is O=C(NCC#Cc1ccccc1)NC1CCCCCC1. The monoisotopic (exact) mass is 270 g/mol. The number of rotatable bonds is 2. The average molecular weight is 270 g/mol. The van der Waals surface area contributed by atoms with Crippen LogP contribution in [0.1, 0.15) is 44.1 Å². The Bertz CT molecular complexity index is 465. The second-order valence-electron chi connectivity index (χ2n) is 5.18. The van der Waals surface area contributed by atoms with E-state index in [1.54, 1.807) is 0 Å². The zero-order valence-electron chi connectivity index (χ0n) is 11.8. The molecule has 2 N–H and O–H groups in total. The van der Waals surface area contributed by atoms with E-state index in [1.807, 2.05) is 30.3 Å². The third kappa shape index (κ3) is 5.36. The van der Waals surface area contributed by atoms with E-state index in [9.17, 15) is 4.79 Å². The van der Waals surface area contributed by atoms with Gasteiger partial charge in [-0.2, -0.15) is 0 Å². The van der Waals surface area contributed by atoms with Crippen molar-refractivity contribution in [3.05, 3.63) is 35.9 Å². The molecule has 0 unspecified atom stereocenters. The summed E-state index contributed by atoms with van der Waals surface area (Å²) in [4.78, 5) is 11.7. The van der Waals surface area contributed by atoms with Gasteiger partial charge in [-0.05, 0) is 25.0 Å². The van der Waals surface area contributed by atoms with Crippen LogP contribution in [0.2, 0.25) is 0 Å². The molecule has 0 bridgehead atoms. The van der Waals surface area contributed by atoms with Gasteiger partial charge in [0, 0.05) is 11.6 Å². The van der Waals surface area contributed by atoms with Crippen LogP contribution in [0, 0.1) is 11.8 Å². The van der Waals surface area contributed by atoms with Crippen molar-refractivity contribution in [3.63, 3.8) is 0 Å². The lowest BCUT2D eigenvalue weighted by Gasteiger charge is -2.15. The Hall–Kier alpha value is -1.95. The molecule has 0 atom stereocenters. The van der Waals surface area contributed by atoms with Crippen molar-refractivity contribution in [3.8, 4) is 11.8 Å². The van der Waals surface area contributed by atoms with Crippen LogP contribution in [-0.2, 0) is 0 Å². The first-order valence-corrected chi connectivity index (χ1v) is 7.43. The summed E-state index contributed by atoms with van der Waals surface area (Å²) in [5.41, 5.74) is 0.971. The fourth-order valence-electron chi connectivity index (χ4n) is 2.45. The van der Waals surface area contributed by atoms with Crippen LogP contribution >= 0.6 is 0 Å². The molecule has 1 fully saturated rings. The van der Waals surface area contributed by atoms with Crippen molar-refractivity contribution in [2.24, 2.45) is 0 Å². The highest BCUT2D eigenvalue weighted by molar-refractivity contribution is 5.74. The number of carbonyl (C=O) groups is 1. The largest absolute Gasteiger partial charge is 0.335 e. The van der Waals surface area contributed by atoms with Gasteiger partial charge >= 0.3 is 6.03 Å². The summed E-state index contributed by atoms with van der Waals surface area (Å²) in [5, 5.41) is 5.84. The zero-order valence-corrected chi connectivity index (χ0v) is 11.8. The van der Waals surface area contributed by atoms with Crippen molar-refractivity contribution >= 4 is 6.03 Å². The van der Waals surface area contributed by atoms with Gasteiger partial charge < -0.3 is 10.6 Å². The van der Waals surface area contributed by atoms with Crippen LogP contribution in [0.3, 0.4) is 0 Å². The molecule has 3 heteroatoms. The molecule has 2 rings (SSSR count). The van der Waals surface area contributed by atoms with Crippen molar-refractivity contribution in [1.29, 1.82) is 0 Å². The summed E-state index contributed by atoms with van der Waals surface area (Å²) in [6.07, 6.45) is 7.23. The molecule has 1 aliphatic rings. The number of urea groups is 1. The van der Waals surface area contributed by atoms with Gasteiger partial charge in [0.1, 0.15) is 0 Å². The molecule has 0 spiro atoms. The summed E-state index contributed by atoms with van der Waals surface area (Å²) in [6, 6.07) is 10.0. The summed E-state index contributed by atoms with van der Waals surface area (Å²) in [5.74, 6) is 5.98. The highest BCUT2D eigenvalue weighted by Gasteiger charge is 2.13. The minimum atomic E-state index is -0.0979. The van der Waals surface area contributed by atoms with Gasteiger partial charge in [-0.1, -0.05) is 55.7 Å². The van der Waals surface area contributed by atoms with Gasteiger partial charge in [-0.3, -0.25) is 0 Å². The van der Waals surface area contributed by atoms with Crippen molar-refractivity contribution in [2.75, 3.05) is 6.54 Å². The predicted octanol–water partition coefficient (Wildman–Crippen LogP) is 3.06. The van der Waals surface area contributed by atoms with Gasteiger partial charge in [-0.25, -0.2) is 4.79 Å². The Labute approximate surface area is 121 Å². The van der Waals surface area contributed by atoms with E-state index in [1.165, 1.54) is 25.7 Å². The molecular formula is C17H22N2O. The van der Waals surface area contributed by atoms with Gasteiger partial charge in [0.2, 0.25) is 0 Å². The first kappa shape index (κ1) is 14.5. The lowest BCUT2D eigenvalue weighted by Crippen LogP contribution is -2.42. The molecule has 1 aromatic carbocycles. The second kappa shape index (κ2) is 8.27. The summed E-state index contributed by atoms with van der Waals surface area (Å²) in [7, 11) is 0. The smallest absolute Gasteiger partial charge is 0.315 e. The molecule has 2 amide bonds. The highest BCUT2D eigenvalue weighted by atomic mass is 16.2. The summed E-state index contributed by atoms with van der Waals surface area (Å²) < 4.78 is 0. The quantitative estimate of drug-likeness (QED) is 0.629. The number of nitrogens with one attached hydrogen (secondary N) is 2. The van der Waals surface area contributed by atoms with Gasteiger partial charge in [0.25, 0.3) is 0 Å². The molecule has 0 radical (unpaired) electrons. The maximum atomic E-state index is 11.7. The maximum Gasteiger partial charge on any atom is 0.315 e. The van der Waals surface area contributed by atoms with E-state index in [0.29, 0.717) is 12.6 Å². The maximum absolute atomic E-state index is 11.7. The first-order valence-electron chi connectivity index (χ1n) is 7.43. The van der Waals surface area contributed by atoms with E-state index in [4.69, 9.17) is 0 Å². The van der Waals surface area contributed by atoms with E-state index in [2.05, 4.69) is 22.5 Å². The van der Waals surface area contributed by atoms with Crippen LogP contribution < -0.4 is 10.6 Å². The lowest BCUT2D eigenvalue weighted by atomic mass is 10.1. The van der Waals surface area contributed by atoms with E-state index >= 15 is 0 Å². The molecule has 3 nitrogen and oxygen atoms in total. The molecule has 0 heterocycles. The van der Waals surface area contributed by atoms with Gasteiger partial charge in [-0.15, -0.1) is 0 Å². The summed E-state index contributed by atoms with van der Waals surface area (Å²) >= 11 is 0. The van der Waals surface area contributed by atoms with Gasteiger partial charge in [0.15, 0.2) is 0 Å². The van der Waals surface area contributed by atoms with Crippen molar-refractivity contribution in [1.82, 2.24) is 10.6 Å². The predicted molar refractivity (Wildman–Crippen MR) is 81.3 cm³/mol. The molecule has 0 saturated heterocycles. The number of amides is 2. The van der Waals surface area contributed by atoms with Gasteiger partial charge in [0.05, 0.1) is 6.54 Å². The molecule has 0 aromatic heterocycles. The Morgan fingerprint density at radius 1 is 1.10 bits per heavy atom. The Morgan fingerprint density at radius 3 is 2.50 bits per heavy atom. The Kier molecular flexibility index (Phi) is 5.98. The van der Waals surface area contributed by atoms with Crippen molar-refractivity contribution in [2.45, 2.75) is 44.6 Å². The molecule has 1 aliphatic carbocycles. The van der Waals surface area contributed by atoms with Crippen LogP contribution in [0.15, 0.2) is 30.3 Å². The molecule has 106 valence electrons. The third-order valence-electron chi connectivity index (χ3n) is 3.53. The molecule has 1 aromatic rings. The molecule has 1 saturated carbocycles. The minimum absolute atomic E-state index is 0.0979. The lowest BCUT2D eigenvalue weighted by molar-refractivity contribution is 0.236. The topological polar surface area (TPSA) is 41.1 Å². The fraction of sp³-hybridized carbons (Fsp3) is 0.471. The minimum Gasteiger partial charge on any atom is -0.335 e. The normalized spacial score (nSPS) is 15.6. The second-order valence-corrected chi connectivity index (χ2v) is 5.18. The van der Waals surface area contributed by atoms with Crippen LogP contribution in [0.5, 0.6) is 0 Å².